The summed E-state index contributed by atoms with van der Waals surface area (Å²) in [5, 5.41) is 15.5. The van der Waals surface area contributed by atoms with Crippen molar-refractivity contribution in [3.8, 4) is 11.3 Å². The topological polar surface area (TPSA) is 48.9 Å². The van der Waals surface area contributed by atoms with E-state index in [1.165, 1.54) is 12.1 Å². The van der Waals surface area contributed by atoms with Crippen molar-refractivity contribution < 1.29 is 9.50 Å². The van der Waals surface area contributed by atoms with Crippen molar-refractivity contribution in [3.63, 3.8) is 0 Å². The van der Waals surface area contributed by atoms with Gasteiger partial charge in [0.25, 0.3) is 0 Å². The van der Waals surface area contributed by atoms with E-state index >= 15 is 0 Å². The van der Waals surface area contributed by atoms with Gasteiger partial charge in [0, 0.05) is 11.1 Å². The fourth-order valence-corrected chi connectivity index (χ4v) is 1.45. The number of H-pyrrole nitrogens is 1. The van der Waals surface area contributed by atoms with Gasteiger partial charge in [-0.3, -0.25) is 5.10 Å². The largest absolute Gasteiger partial charge is 0.392 e. The monoisotopic (exact) mass is 218 g/mol. The number of rotatable bonds is 3. The second kappa shape index (κ2) is 4.72. The molecule has 0 aliphatic rings. The molecule has 2 aromatic rings. The molecule has 0 saturated heterocycles. The first kappa shape index (κ1) is 10.6. The van der Waals surface area contributed by atoms with Crippen LogP contribution in [0.4, 0.5) is 4.39 Å². The third-order valence-electron chi connectivity index (χ3n) is 2.20. The van der Waals surface area contributed by atoms with E-state index in [2.05, 4.69) is 10.2 Å². The predicted octanol–water partition coefficient (Wildman–Crippen LogP) is 2.22. The molecule has 0 aliphatic carbocycles. The molecule has 1 aromatic carbocycles. The van der Waals surface area contributed by atoms with Crippen LogP contribution in [0.15, 0.2) is 36.5 Å². The van der Waals surface area contributed by atoms with Gasteiger partial charge in [-0.1, -0.05) is 12.2 Å². The Morgan fingerprint density at radius 1 is 1.31 bits per heavy atom. The minimum absolute atomic E-state index is 0.0198. The van der Waals surface area contributed by atoms with E-state index in [1.807, 2.05) is 0 Å². The number of halogens is 1. The highest BCUT2D eigenvalue weighted by Crippen LogP contribution is 2.22. The zero-order valence-electron chi connectivity index (χ0n) is 8.52. The van der Waals surface area contributed by atoms with Gasteiger partial charge in [-0.25, -0.2) is 4.39 Å². The normalized spacial score (nSPS) is 11.1. The lowest BCUT2D eigenvalue weighted by Gasteiger charge is -1.99. The summed E-state index contributed by atoms with van der Waals surface area (Å²) in [7, 11) is 0. The fourth-order valence-electron chi connectivity index (χ4n) is 1.45. The first-order valence-electron chi connectivity index (χ1n) is 4.88. The Labute approximate surface area is 92.3 Å². The van der Waals surface area contributed by atoms with E-state index in [9.17, 15) is 4.39 Å². The predicted molar refractivity (Wildman–Crippen MR) is 60.1 cm³/mol. The van der Waals surface area contributed by atoms with Gasteiger partial charge in [0.1, 0.15) is 5.82 Å². The number of nitrogens with one attached hydrogen (secondary N) is 1. The summed E-state index contributed by atoms with van der Waals surface area (Å²) < 4.78 is 12.8. The maximum atomic E-state index is 12.8. The van der Waals surface area contributed by atoms with Gasteiger partial charge in [-0.2, -0.15) is 5.10 Å². The molecule has 16 heavy (non-hydrogen) atoms. The van der Waals surface area contributed by atoms with Crippen LogP contribution >= 0.6 is 0 Å². The Balaban J connectivity index is 2.36. The molecule has 0 aliphatic heterocycles. The van der Waals surface area contributed by atoms with Gasteiger partial charge in [-0.15, -0.1) is 0 Å². The summed E-state index contributed by atoms with van der Waals surface area (Å²) in [6.07, 6.45) is 5.05. The molecule has 0 bridgehead atoms. The number of hydrogen-bond acceptors (Lipinski definition) is 2. The van der Waals surface area contributed by atoms with E-state index < -0.39 is 0 Å². The highest BCUT2D eigenvalue weighted by Gasteiger charge is 2.04. The van der Waals surface area contributed by atoms with Gasteiger partial charge in [0.05, 0.1) is 18.5 Å². The van der Waals surface area contributed by atoms with E-state index in [0.717, 1.165) is 16.8 Å². The van der Waals surface area contributed by atoms with Crippen LogP contribution in [0.3, 0.4) is 0 Å². The smallest absolute Gasteiger partial charge is 0.123 e. The molecule has 1 aromatic heterocycles. The third-order valence-corrected chi connectivity index (χ3v) is 2.20. The van der Waals surface area contributed by atoms with Gasteiger partial charge < -0.3 is 5.11 Å². The van der Waals surface area contributed by atoms with Crippen LogP contribution in [0.2, 0.25) is 0 Å². The van der Waals surface area contributed by atoms with Crippen molar-refractivity contribution in [1.29, 1.82) is 0 Å². The molecule has 0 spiro atoms. The summed E-state index contributed by atoms with van der Waals surface area (Å²) in [4.78, 5) is 0. The summed E-state index contributed by atoms with van der Waals surface area (Å²) in [6, 6.07) is 6.16. The molecule has 82 valence electrons. The van der Waals surface area contributed by atoms with Crippen LogP contribution in [0.1, 0.15) is 5.56 Å². The standard InChI is InChI=1S/C12H11FN2O/c13-11-5-3-9(4-6-11)12-10(2-1-7-16)8-14-15-12/h1-6,8,16H,7H2,(H,14,15). The first-order valence-corrected chi connectivity index (χ1v) is 4.88. The number of benzene rings is 1. The molecule has 2 N–H and O–H groups in total. The maximum absolute atomic E-state index is 12.8. The van der Waals surface area contributed by atoms with E-state index in [-0.39, 0.29) is 12.4 Å². The first-order chi connectivity index (χ1) is 7.81. The van der Waals surface area contributed by atoms with Crippen LogP contribution in [-0.2, 0) is 0 Å². The van der Waals surface area contributed by atoms with Gasteiger partial charge in [0.15, 0.2) is 0 Å². The Kier molecular flexibility index (Phi) is 3.12. The zero-order chi connectivity index (χ0) is 11.4. The number of aliphatic hydroxyl groups is 1. The lowest BCUT2D eigenvalue weighted by molar-refractivity contribution is 0.343. The summed E-state index contributed by atoms with van der Waals surface area (Å²) in [5.41, 5.74) is 2.53. The molecule has 2 rings (SSSR count). The number of hydrogen-bond donors (Lipinski definition) is 2. The van der Waals surface area contributed by atoms with E-state index in [1.54, 1.807) is 30.5 Å². The molecule has 1 heterocycles. The van der Waals surface area contributed by atoms with Crippen molar-refractivity contribution in [2.24, 2.45) is 0 Å². The van der Waals surface area contributed by atoms with Crippen LogP contribution in [0.25, 0.3) is 17.3 Å². The van der Waals surface area contributed by atoms with Crippen molar-refractivity contribution in [1.82, 2.24) is 10.2 Å². The van der Waals surface area contributed by atoms with Gasteiger partial charge >= 0.3 is 0 Å². The quantitative estimate of drug-likeness (QED) is 0.829. The van der Waals surface area contributed by atoms with Crippen LogP contribution < -0.4 is 0 Å². The third kappa shape index (κ3) is 2.17. The number of aliphatic hydroxyl groups excluding tert-OH is 1. The van der Waals surface area contributed by atoms with Crippen LogP contribution in [0, 0.1) is 5.82 Å². The molecule has 0 radical (unpaired) electrons. The molecule has 0 unspecified atom stereocenters. The lowest BCUT2D eigenvalue weighted by atomic mass is 10.1. The molecule has 0 saturated carbocycles. The van der Waals surface area contributed by atoms with Gasteiger partial charge in [0.2, 0.25) is 0 Å². The Morgan fingerprint density at radius 3 is 2.75 bits per heavy atom. The second-order valence-electron chi connectivity index (χ2n) is 3.29. The highest BCUT2D eigenvalue weighted by atomic mass is 19.1. The lowest BCUT2D eigenvalue weighted by Crippen LogP contribution is -1.82. The molecule has 0 atom stereocenters. The molecular weight excluding hydrogens is 207 g/mol. The Hall–Kier alpha value is -1.94. The number of aromatic amines is 1. The van der Waals surface area contributed by atoms with Crippen LogP contribution in [0.5, 0.6) is 0 Å². The SMILES string of the molecule is OCC=Cc1cn[nH]c1-c1ccc(F)cc1. The van der Waals surface area contributed by atoms with Crippen molar-refractivity contribution in [2.45, 2.75) is 0 Å². The highest BCUT2D eigenvalue weighted by molar-refractivity contribution is 5.71. The summed E-state index contributed by atoms with van der Waals surface area (Å²) in [5.74, 6) is -0.268. The van der Waals surface area contributed by atoms with Crippen molar-refractivity contribution in [3.05, 3.63) is 47.9 Å². The minimum Gasteiger partial charge on any atom is -0.392 e. The molecule has 0 amide bonds. The fraction of sp³-hybridized carbons (Fsp3) is 0.0833. The molecule has 4 heteroatoms. The average Bonchev–Trinajstić information content (AvgIpc) is 2.75. The molecule has 3 nitrogen and oxygen atoms in total. The van der Waals surface area contributed by atoms with Crippen LogP contribution in [-0.4, -0.2) is 21.9 Å². The Morgan fingerprint density at radius 2 is 2.06 bits per heavy atom. The van der Waals surface area contributed by atoms with Crippen molar-refractivity contribution in [2.75, 3.05) is 6.61 Å². The molecule has 0 fully saturated rings. The summed E-state index contributed by atoms with van der Waals surface area (Å²) in [6.45, 7) is -0.0198. The number of nitrogens with zero attached hydrogens (tertiary/aromatic N) is 1. The molecular formula is C12H11FN2O. The Bertz CT molecular complexity index is 488. The van der Waals surface area contributed by atoms with Gasteiger partial charge in [-0.05, 0) is 24.3 Å². The van der Waals surface area contributed by atoms with E-state index in [4.69, 9.17) is 5.11 Å². The van der Waals surface area contributed by atoms with E-state index in [0.29, 0.717) is 0 Å². The second-order valence-corrected chi connectivity index (χ2v) is 3.29. The minimum atomic E-state index is -0.268. The maximum Gasteiger partial charge on any atom is 0.123 e. The van der Waals surface area contributed by atoms with Crippen molar-refractivity contribution >= 4 is 6.08 Å². The summed E-state index contributed by atoms with van der Waals surface area (Å²) >= 11 is 0. The average molecular weight is 218 g/mol. The zero-order valence-corrected chi connectivity index (χ0v) is 8.52. The number of aromatic nitrogens is 2.